The van der Waals surface area contributed by atoms with Crippen LogP contribution >= 0.6 is 11.3 Å². The van der Waals surface area contributed by atoms with Crippen LogP contribution in [0.3, 0.4) is 0 Å². The molecule has 0 fully saturated rings. The number of hydrogen-bond donors (Lipinski definition) is 2. The lowest BCUT2D eigenvalue weighted by Gasteiger charge is -2.18. The van der Waals surface area contributed by atoms with Gasteiger partial charge in [0.2, 0.25) is 0 Å². The molecule has 2 heterocycles. The van der Waals surface area contributed by atoms with Gasteiger partial charge in [-0.2, -0.15) is 5.10 Å². The van der Waals surface area contributed by atoms with Crippen LogP contribution in [0, 0.1) is 0 Å². The maximum absolute atomic E-state index is 5.88. The summed E-state index contributed by atoms with van der Waals surface area (Å²) < 4.78 is 3.32. The molecule has 0 aliphatic rings. The van der Waals surface area contributed by atoms with Gasteiger partial charge in [0, 0.05) is 11.2 Å². The second kappa shape index (κ2) is 5.97. The van der Waals surface area contributed by atoms with E-state index < -0.39 is 0 Å². The Kier molecular flexibility index (Phi) is 4.05. The van der Waals surface area contributed by atoms with Crippen LogP contribution < -0.4 is 11.3 Å². The van der Waals surface area contributed by atoms with E-state index in [0.29, 0.717) is 0 Å². The van der Waals surface area contributed by atoms with E-state index in [1.165, 1.54) is 15.6 Å². The number of hydrogen-bond acceptors (Lipinski definition) is 4. The highest BCUT2D eigenvalue weighted by atomic mass is 32.1. The van der Waals surface area contributed by atoms with Crippen molar-refractivity contribution in [1.29, 1.82) is 0 Å². The van der Waals surface area contributed by atoms with Gasteiger partial charge in [-0.3, -0.25) is 10.5 Å². The first-order chi connectivity index (χ1) is 10.3. The fraction of sp³-hybridized carbons (Fsp3) is 0.312. The monoisotopic (exact) mass is 300 g/mol. The molecule has 1 atom stereocenters. The third-order valence-corrected chi connectivity index (χ3v) is 4.79. The Hall–Kier alpha value is -1.69. The number of thiophene rings is 1. The normalized spacial score (nSPS) is 12.9. The summed E-state index contributed by atoms with van der Waals surface area (Å²) in [7, 11) is 0. The molecule has 1 aromatic carbocycles. The summed E-state index contributed by atoms with van der Waals surface area (Å²) in [6, 6.07) is 10.6. The van der Waals surface area contributed by atoms with Crippen LogP contribution in [0.2, 0.25) is 0 Å². The maximum atomic E-state index is 5.88. The van der Waals surface area contributed by atoms with Crippen molar-refractivity contribution < 1.29 is 0 Å². The number of nitrogens with one attached hydrogen (secondary N) is 1. The van der Waals surface area contributed by atoms with E-state index in [1.54, 1.807) is 11.3 Å². The smallest absolute Gasteiger partial charge is 0.0892 e. The molecule has 21 heavy (non-hydrogen) atoms. The first-order valence-electron chi connectivity index (χ1n) is 7.27. The van der Waals surface area contributed by atoms with Crippen molar-refractivity contribution in [3.8, 4) is 0 Å². The average molecular weight is 300 g/mol. The van der Waals surface area contributed by atoms with E-state index in [-0.39, 0.29) is 6.04 Å². The molecule has 0 saturated heterocycles. The predicted octanol–water partition coefficient (Wildman–Crippen LogP) is 3.23. The second-order valence-corrected chi connectivity index (χ2v) is 5.93. The first kappa shape index (κ1) is 14.3. The van der Waals surface area contributed by atoms with Gasteiger partial charge in [0.1, 0.15) is 0 Å². The Balaban J connectivity index is 2.14. The second-order valence-electron chi connectivity index (χ2n) is 5.02. The number of fused-ring (bicyclic) bond motifs is 1. The average Bonchev–Trinajstić information content (AvgIpc) is 3.14. The SMILES string of the molecule is CCc1cc(C(NN)c2cccc3ccsc23)n(CC)n1. The van der Waals surface area contributed by atoms with Gasteiger partial charge in [-0.25, -0.2) is 5.43 Å². The Bertz CT molecular complexity index is 744. The lowest BCUT2D eigenvalue weighted by molar-refractivity contribution is 0.543. The Morgan fingerprint density at radius 1 is 1.33 bits per heavy atom. The molecule has 0 amide bonds. The molecule has 0 bridgehead atoms. The van der Waals surface area contributed by atoms with Crippen molar-refractivity contribution in [3.05, 3.63) is 52.7 Å². The van der Waals surface area contributed by atoms with E-state index in [9.17, 15) is 0 Å². The van der Waals surface area contributed by atoms with Crippen LogP contribution in [0.25, 0.3) is 10.1 Å². The molecule has 3 rings (SSSR count). The van der Waals surface area contributed by atoms with Gasteiger partial charge in [0.15, 0.2) is 0 Å². The molecule has 5 heteroatoms. The third kappa shape index (κ3) is 2.48. The largest absolute Gasteiger partial charge is 0.271 e. The maximum Gasteiger partial charge on any atom is 0.0892 e. The van der Waals surface area contributed by atoms with E-state index in [2.05, 4.69) is 60.1 Å². The summed E-state index contributed by atoms with van der Waals surface area (Å²) in [6.07, 6.45) is 0.931. The lowest BCUT2D eigenvalue weighted by Crippen LogP contribution is -2.30. The fourth-order valence-corrected chi connectivity index (χ4v) is 3.67. The zero-order chi connectivity index (χ0) is 14.8. The topological polar surface area (TPSA) is 55.9 Å². The summed E-state index contributed by atoms with van der Waals surface area (Å²) in [4.78, 5) is 0. The molecule has 0 spiro atoms. The molecular weight excluding hydrogens is 280 g/mol. The van der Waals surface area contributed by atoms with E-state index in [0.717, 1.165) is 24.4 Å². The molecule has 0 aliphatic heterocycles. The molecule has 1 unspecified atom stereocenters. The molecule has 0 saturated carbocycles. The Morgan fingerprint density at radius 3 is 2.90 bits per heavy atom. The number of nitrogens with two attached hydrogens (primary N) is 1. The van der Waals surface area contributed by atoms with Gasteiger partial charge in [-0.15, -0.1) is 11.3 Å². The van der Waals surface area contributed by atoms with Crippen LogP contribution in [-0.2, 0) is 13.0 Å². The molecule has 3 N–H and O–H groups in total. The zero-order valence-electron chi connectivity index (χ0n) is 12.3. The van der Waals surface area contributed by atoms with Gasteiger partial charge >= 0.3 is 0 Å². The summed E-state index contributed by atoms with van der Waals surface area (Å²) in [5, 5.41) is 8.02. The zero-order valence-corrected chi connectivity index (χ0v) is 13.2. The number of hydrazine groups is 1. The number of aryl methyl sites for hydroxylation is 2. The van der Waals surface area contributed by atoms with Crippen molar-refractivity contribution >= 4 is 21.4 Å². The molecule has 0 aliphatic carbocycles. The number of nitrogens with zero attached hydrogens (tertiary/aromatic N) is 2. The molecule has 3 aromatic rings. The first-order valence-corrected chi connectivity index (χ1v) is 8.15. The van der Waals surface area contributed by atoms with Crippen LogP contribution in [0.5, 0.6) is 0 Å². The minimum Gasteiger partial charge on any atom is -0.271 e. The third-order valence-electron chi connectivity index (χ3n) is 3.81. The molecule has 4 nitrogen and oxygen atoms in total. The van der Waals surface area contributed by atoms with Gasteiger partial charge in [-0.1, -0.05) is 25.1 Å². The summed E-state index contributed by atoms with van der Waals surface area (Å²) >= 11 is 1.75. The lowest BCUT2D eigenvalue weighted by atomic mass is 10.0. The van der Waals surface area contributed by atoms with Crippen LogP contribution in [0.15, 0.2) is 35.7 Å². The highest BCUT2D eigenvalue weighted by Gasteiger charge is 2.20. The predicted molar refractivity (Wildman–Crippen MR) is 88.3 cm³/mol. The van der Waals surface area contributed by atoms with Gasteiger partial charge < -0.3 is 0 Å². The highest BCUT2D eigenvalue weighted by molar-refractivity contribution is 7.17. The minimum absolute atomic E-state index is 0.0416. The quantitative estimate of drug-likeness (QED) is 0.562. The highest BCUT2D eigenvalue weighted by Crippen LogP contribution is 2.32. The standard InChI is InChI=1S/C16H20N4S/c1-3-12-10-14(20(4-2)19-12)15(18-17)13-7-5-6-11-8-9-21-16(11)13/h5-10,15,18H,3-4,17H2,1-2H3. The van der Waals surface area contributed by atoms with E-state index >= 15 is 0 Å². The molecule has 0 radical (unpaired) electrons. The fourth-order valence-electron chi connectivity index (χ4n) is 2.72. The Morgan fingerprint density at radius 2 is 2.19 bits per heavy atom. The molecular formula is C16H20N4S. The van der Waals surface area contributed by atoms with Crippen molar-refractivity contribution in [2.75, 3.05) is 0 Å². The Labute approximate surface area is 128 Å². The number of aromatic nitrogens is 2. The number of benzene rings is 1. The summed E-state index contributed by atoms with van der Waals surface area (Å²) in [6.45, 7) is 5.07. The van der Waals surface area contributed by atoms with Crippen molar-refractivity contribution in [2.24, 2.45) is 5.84 Å². The van der Waals surface area contributed by atoms with Crippen LogP contribution in [0.4, 0.5) is 0 Å². The van der Waals surface area contributed by atoms with E-state index in [1.807, 2.05) is 4.68 Å². The van der Waals surface area contributed by atoms with Gasteiger partial charge in [-0.05, 0) is 41.8 Å². The van der Waals surface area contributed by atoms with Gasteiger partial charge in [0.05, 0.1) is 17.4 Å². The number of rotatable bonds is 5. The van der Waals surface area contributed by atoms with Crippen molar-refractivity contribution in [2.45, 2.75) is 32.9 Å². The van der Waals surface area contributed by atoms with Gasteiger partial charge in [0.25, 0.3) is 0 Å². The molecule has 2 aromatic heterocycles. The van der Waals surface area contributed by atoms with Crippen LogP contribution in [-0.4, -0.2) is 9.78 Å². The molecule has 110 valence electrons. The summed E-state index contributed by atoms with van der Waals surface area (Å²) in [5.74, 6) is 5.88. The summed E-state index contributed by atoms with van der Waals surface area (Å²) in [5.41, 5.74) is 6.41. The van der Waals surface area contributed by atoms with E-state index in [4.69, 9.17) is 5.84 Å². The minimum atomic E-state index is -0.0416. The van der Waals surface area contributed by atoms with Crippen molar-refractivity contribution in [3.63, 3.8) is 0 Å². The van der Waals surface area contributed by atoms with Crippen LogP contribution in [0.1, 0.15) is 36.8 Å². The van der Waals surface area contributed by atoms with Crippen molar-refractivity contribution in [1.82, 2.24) is 15.2 Å².